The summed E-state index contributed by atoms with van der Waals surface area (Å²) in [5, 5.41) is 40.7. The number of aryl methyl sites for hydroxylation is 2. The maximum atomic E-state index is 9.49. The summed E-state index contributed by atoms with van der Waals surface area (Å²) in [5.74, 6) is 0. The smallest absolute Gasteiger partial charge is 0.139 e. The Bertz CT molecular complexity index is 1150. The second-order valence-electron chi connectivity index (χ2n) is 5.57. The van der Waals surface area contributed by atoms with Crippen LogP contribution in [0.3, 0.4) is 0 Å². The van der Waals surface area contributed by atoms with Gasteiger partial charge in [0.2, 0.25) is 0 Å². The number of nitrogens with zero attached hydrogens (tertiary/aromatic N) is 4. The van der Waals surface area contributed by atoms with Crippen molar-refractivity contribution in [1.29, 1.82) is 21.0 Å². The molecule has 124 valence electrons. The number of hydrogen-bond acceptors (Lipinski definition) is 6. The lowest BCUT2D eigenvalue weighted by Crippen LogP contribution is -2.15. The van der Waals surface area contributed by atoms with Crippen molar-refractivity contribution in [2.75, 3.05) is 0 Å². The van der Waals surface area contributed by atoms with Crippen LogP contribution in [-0.2, 0) is 12.8 Å². The molecule has 0 N–H and O–H groups in total. The maximum absolute atomic E-state index is 9.49. The normalized spacial score (nSPS) is 10.1. The predicted molar refractivity (Wildman–Crippen MR) is 104 cm³/mol. The van der Waals surface area contributed by atoms with Crippen molar-refractivity contribution in [3.63, 3.8) is 0 Å². The van der Waals surface area contributed by atoms with E-state index in [2.05, 4.69) is 0 Å². The van der Waals surface area contributed by atoms with Gasteiger partial charge in [0, 0.05) is 40.4 Å². The Labute approximate surface area is 158 Å². The van der Waals surface area contributed by atoms with E-state index < -0.39 is 0 Å². The number of rotatable bonds is 2. The number of thiophene rings is 2. The summed E-state index contributed by atoms with van der Waals surface area (Å²) < 4.78 is 1.60. The van der Waals surface area contributed by atoms with Crippen molar-refractivity contribution >= 4 is 54.0 Å². The minimum absolute atomic E-state index is 0.0583. The van der Waals surface area contributed by atoms with Gasteiger partial charge in [-0.3, -0.25) is 0 Å². The Morgan fingerprint density at radius 2 is 1.12 bits per heavy atom. The first-order valence-corrected chi connectivity index (χ1v) is 9.62. The van der Waals surface area contributed by atoms with Gasteiger partial charge in [0.15, 0.2) is 0 Å². The van der Waals surface area contributed by atoms with E-state index in [-0.39, 0.29) is 11.1 Å². The van der Waals surface area contributed by atoms with Crippen LogP contribution in [0.5, 0.6) is 0 Å². The molecular formula is C20H12N4S2. The first-order valence-electron chi connectivity index (χ1n) is 7.99. The Kier molecular flexibility index (Phi) is 4.75. The molecule has 2 heterocycles. The number of nitriles is 4. The summed E-state index contributed by atoms with van der Waals surface area (Å²) in [6.07, 6.45) is 1.60. The fourth-order valence-electron chi connectivity index (χ4n) is 2.99. The van der Waals surface area contributed by atoms with E-state index in [1.807, 2.05) is 50.3 Å². The SMILES string of the molecule is CCc1cc2c(=C(C#N)C#N)c3cc(CC)sc3c(=C(C#N)C#N)c2s1. The van der Waals surface area contributed by atoms with Crippen LogP contribution in [0.4, 0.5) is 0 Å². The summed E-state index contributed by atoms with van der Waals surface area (Å²) in [5.41, 5.74) is 0.124. The second kappa shape index (κ2) is 6.99. The van der Waals surface area contributed by atoms with Crippen molar-refractivity contribution in [3.8, 4) is 24.3 Å². The highest BCUT2D eigenvalue weighted by atomic mass is 32.1. The monoisotopic (exact) mass is 372 g/mol. The second-order valence-corrected chi connectivity index (χ2v) is 7.84. The molecule has 3 aromatic rings. The van der Waals surface area contributed by atoms with Crippen LogP contribution >= 0.6 is 22.7 Å². The summed E-state index contributed by atoms with van der Waals surface area (Å²) >= 11 is 3.04. The Morgan fingerprint density at radius 3 is 1.46 bits per heavy atom. The van der Waals surface area contributed by atoms with Crippen LogP contribution in [0.15, 0.2) is 12.1 Å². The van der Waals surface area contributed by atoms with E-state index in [1.165, 1.54) is 22.7 Å². The van der Waals surface area contributed by atoms with Gasteiger partial charge in [-0.15, -0.1) is 22.7 Å². The molecule has 0 aliphatic carbocycles. The van der Waals surface area contributed by atoms with Crippen LogP contribution in [0, 0.1) is 45.3 Å². The lowest BCUT2D eigenvalue weighted by molar-refractivity contribution is 1.19. The molecule has 26 heavy (non-hydrogen) atoms. The minimum Gasteiger partial charge on any atom is -0.192 e. The zero-order valence-electron chi connectivity index (χ0n) is 14.2. The first-order chi connectivity index (χ1) is 12.6. The van der Waals surface area contributed by atoms with Crippen molar-refractivity contribution < 1.29 is 0 Å². The van der Waals surface area contributed by atoms with Crippen molar-refractivity contribution in [2.24, 2.45) is 0 Å². The van der Waals surface area contributed by atoms with Crippen LogP contribution in [0.25, 0.3) is 31.3 Å². The maximum Gasteiger partial charge on any atom is 0.139 e. The highest BCUT2D eigenvalue weighted by molar-refractivity contribution is 7.21. The number of hydrogen-bond donors (Lipinski definition) is 0. The number of fused-ring (bicyclic) bond motifs is 2. The van der Waals surface area contributed by atoms with E-state index >= 15 is 0 Å². The summed E-state index contributed by atoms with van der Waals surface area (Å²) in [4.78, 5) is 2.17. The third-order valence-corrected chi connectivity index (χ3v) is 6.80. The minimum atomic E-state index is 0.0583. The van der Waals surface area contributed by atoms with Gasteiger partial charge in [0.25, 0.3) is 0 Å². The van der Waals surface area contributed by atoms with E-state index in [9.17, 15) is 21.0 Å². The first kappa shape index (κ1) is 17.7. The Morgan fingerprint density at radius 1 is 0.731 bits per heavy atom. The molecule has 6 heteroatoms. The summed E-state index contributed by atoms with van der Waals surface area (Å²) in [7, 11) is 0. The average Bonchev–Trinajstić information content (AvgIpc) is 3.28. The molecule has 2 aromatic heterocycles. The summed E-state index contributed by atoms with van der Waals surface area (Å²) in [6, 6.07) is 12.0. The third-order valence-electron chi connectivity index (χ3n) is 4.20. The van der Waals surface area contributed by atoms with Crippen molar-refractivity contribution in [1.82, 2.24) is 0 Å². The molecule has 4 nitrogen and oxygen atoms in total. The van der Waals surface area contributed by atoms with Gasteiger partial charge in [-0.05, 0) is 25.0 Å². The molecule has 0 aliphatic rings. The van der Waals surface area contributed by atoms with Crippen LogP contribution < -0.4 is 10.4 Å². The molecule has 0 atom stereocenters. The van der Waals surface area contributed by atoms with E-state index in [0.717, 1.165) is 42.8 Å². The van der Waals surface area contributed by atoms with Crippen LogP contribution in [-0.4, -0.2) is 0 Å². The van der Waals surface area contributed by atoms with Gasteiger partial charge in [0.1, 0.15) is 35.4 Å². The predicted octanol–water partition coefficient (Wildman–Crippen LogP) is 3.64. The molecule has 3 rings (SSSR count). The topological polar surface area (TPSA) is 95.2 Å². The molecule has 0 radical (unpaired) electrons. The van der Waals surface area contributed by atoms with Gasteiger partial charge in [-0.1, -0.05) is 13.8 Å². The van der Waals surface area contributed by atoms with E-state index in [1.54, 1.807) is 0 Å². The summed E-state index contributed by atoms with van der Waals surface area (Å²) in [6.45, 7) is 4.06. The number of benzene rings is 1. The average molecular weight is 372 g/mol. The van der Waals surface area contributed by atoms with Crippen LogP contribution in [0.1, 0.15) is 23.6 Å². The third kappa shape index (κ3) is 2.54. The molecule has 0 fully saturated rings. The molecule has 0 saturated carbocycles. The molecule has 0 aliphatic heterocycles. The van der Waals surface area contributed by atoms with Gasteiger partial charge in [-0.25, -0.2) is 0 Å². The van der Waals surface area contributed by atoms with Crippen molar-refractivity contribution in [3.05, 3.63) is 32.3 Å². The molecule has 0 amide bonds. The van der Waals surface area contributed by atoms with Gasteiger partial charge in [-0.2, -0.15) is 21.0 Å². The molecule has 0 saturated heterocycles. The zero-order chi connectivity index (χ0) is 18.8. The van der Waals surface area contributed by atoms with Crippen molar-refractivity contribution in [2.45, 2.75) is 26.7 Å². The lowest BCUT2D eigenvalue weighted by atomic mass is 10.0. The van der Waals surface area contributed by atoms with Gasteiger partial charge < -0.3 is 0 Å². The molecule has 1 aromatic carbocycles. The standard InChI is InChI=1S/C20H12N4S2/c1-3-13-5-15-17(11(7-21)8-22)16-6-14(4-2)26-20(16)18(19(15)25-13)12(9-23)10-24/h5-6H,3-4H2,1-2H3. The molecule has 0 bridgehead atoms. The highest BCUT2D eigenvalue weighted by Crippen LogP contribution is 2.29. The molecule has 0 spiro atoms. The highest BCUT2D eigenvalue weighted by Gasteiger charge is 2.17. The quantitative estimate of drug-likeness (QED) is 0.686. The van der Waals surface area contributed by atoms with Crippen LogP contribution in [0.2, 0.25) is 0 Å². The lowest BCUT2D eigenvalue weighted by Gasteiger charge is -1.99. The molecule has 0 unspecified atom stereocenters. The van der Waals surface area contributed by atoms with Gasteiger partial charge in [0.05, 0.1) is 0 Å². The Hall–Kier alpha value is -3.16. The molecular weight excluding hydrogens is 360 g/mol. The van der Waals surface area contributed by atoms with Gasteiger partial charge >= 0.3 is 0 Å². The largest absolute Gasteiger partial charge is 0.192 e. The van der Waals surface area contributed by atoms with E-state index in [4.69, 9.17) is 0 Å². The fraction of sp³-hybridized carbons (Fsp3) is 0.200. The fourth-order valence-corrected chi connectivity index (χ4v) is 5.38. The zero-order valence-corrected chi connectivity index (χ0v) is 15.8. The Balaban J connectivity index is 2.87. The van der Waals surface area contributed by atoms with E-state index in [0.29, 0.717) is 10.4 Å².